The van der Waals surface area contributed by atoms with Crippen molar-refractivity contribution in [1.82, 2.24) is 15.1 Å². The van der Waals surface area contributed by atoms with Gasteiger partial charge in [0.2, 0.25) is 18.6 Å². The standard InChI is InChI=1S/C25H24N4O4S/c30-23(9-7-18-6-8-21-22(12-18)33-16-32-21)27-25-19-14-34-15-20(19)28-29(25)13-24(31)26-11-10-17-4-2-1-3-5-17/h1-9,12H,10-11,13-16H2,(H,26,31)(H,27,30)/b9-7-. The molecule has 2 N–H and O–H groups in total. The van der Waals surface area contributed by atoms with E-state index < -0.39 is 0 Å². The first kappa shape index (κ1) is 22.1. The van der Waals surface area contributed by atoms with E-state index in [9.17, 15) is 9.59 Å². The Morgan fingerprint density at radius 2 is 1.94 bits per heavy atom. The fourth-order valence-corrected chi connectivity index (χ4v) is 4.89. The predicted molar refractivity (Wildman–Crippen MR) is 131 cm³/mol. The molecule has 2 aliphatic rings. The third kappa shape index (κ3) is 5.09. The van der Waals surface area contributed by atoms with Crippen LogP contribution in [-0.4, -0.2) is 34.9 Å². The van der Waals surface area contributed by atoms with Crippen molar-refractivity contribution in [2.24, 2.45) is 0 Å². The molecule has 2 aromatic carbocycles. The number of carbonyl (C=O) groups is 2. The van der Waals surface area contributed by atoms with E-state index in [1.165, 1.54) is 11.6 Å². The van der Waals surface area contributed by atoms with Crippen LogP contribution in [0.15, 0.2) is 54.6 Å². The average molecular weight is 477 g/mol. The molecule has 5 rings (SSSR count). The Kier molecular flexibility index (Phi) is 6.53. The highest BCUT2D eigenvalue weighted by molar-refractivity contribution is 7.98. The van der Waals surface area contributed by atoms with Crippen LogP contribution in [0.25, 0.3) is 6.08 Å². The molecule has 8 nitrogen and oxygen atoms in total. The SMILES string of the molecule is O=C(/C=C\c1ccc2c(c1)OCO2)Nc1c2c(nn1CC(=O)NCCc1ccccc1)CSC2. The van der Waals surface area contributed by atoms with E-state index in [-0.39, 0.29) is 25.2 Å². The van der Waals surface area contributed by atoms with E-state index in [4.69, 9.17) is 9.47 Å². The van der Waals surface area contributed by atoms with Crippen LogP contribution >= 0.6 is 11.8 Å². The predicted octanol–water partition coefficient (Wildman–Crippen LogP) is 3.37. The lowest BCUT2D eigenvalue weighted by atomic mass is 10.1. The van der Waals surface area contributed by atoms with Crippen molar-refractivity contribution in [3.8, 4) is 11.5 Å². The van der Waals surface area contributed by atoms with Crippen molar-refractivity contribution in [2.75, 3.05) is 18.7 Å². The third-order valence-corrected chi connectivity index (χ3v) is 6.53. The molecule has 9 heteroatoms. The molecule has 0 unspecified atom stereocenters. The molecule has 2 amide bonds. The Morgan fingerprint density at radius 3 is 2.82 bits per heavy atom. The smallest absolute Gasteiger partial charge is 0.249 e. The van der Waals surface area contributed by atoms with E-state index in [0.29, 0.717) is 23.9 Å². The molecule has 0 atom stereocenters. The first-order valence-corrected chi connectivity index (χ1v) is 12.2. The molecule has 1 aromatic heterocycles. The molecule has 0 spiro atoms. The topological polar surface area (TPSA) is 94.5 Å². The van der Waals surface area contributed by atoms with Gasteiger partial charge in [0.25, 0.3) is 0 Å². The summed E-state index contributed by atoms with van der Waals surface area (Å²) in [6, 6.07) is 15.5. The zero-order chi connectivity index (χ0) is 23.3. The van der Waals surface area contributed by atoms with E-state index in [2.05, 4.69) is 15.7 Å². The monoisotopic (exact) mass is 476 g/mol. The maximum atomic E-state index is 12.7. The van der Waals surface area contributed by atoms with Gasteiger partial charge in [-0.25, -0.2) is 4.68 Å². The molecule has 0 saturated heterocycles. The van der Waals surface area contributed by atoms with Gasteiger partial charge in [0, 0.05) is 29.7 Å². The van der Waals surface area contributed by atoms with Crippen LogP contribution in [0.5, 0.6) is 11.5 Å². The Labute approximate surface area is 201 Å². The van der Waals surface area contributed by atoms with Crippen LogP contribution in [0.1, 0.15) is 22.4 Å². The minimum absolute atomic E-state index is 0.0495. The van der Waals surface area contributed by atoms with Crippen LogP contribution in [0, 0.1) is 0 Å². The number of thioether (sulfide) groups is 1. The zero-order valence-corrected chi connectivity index (χ0v) is 19.3. The number of nitrogens with one attached hydrogen (secondary N) is 2. The summed E-state index contributed by atoms with van der Waals surface area (Å²) in [6.07, 6.45) is 3.93. The second-order valence-electron chi connectivity index (χ2n) is 7.95. The summed E-state index contributed by atoms with van der Waals surface area (Å²) in [5.41, 5.74) is 3.88. The molecule has 0 bridgehead atoms. The highest BCUT2D eigenvalue weighted by atomic mass is 32.2. The number of benzene rings is 2. The number of nitrogens with zero attached hydrogens (tertiary/aromatic N) is 2. The van der Waals surface area contributed by atoms with Crippen molar-refractivity contribution in [3.63, 3.8) is 0 Å². The van der Waals surface area contributed by atoms with Crippen LogP contribution in [-0.2, 0) is 34.1 Å². The Morgan fingerprint density at radius 1 is 1.09 bits per heavy atom. The molecule has 0 radical (unpaired) electrons. The van der Waals surface area contributed by atoms with E-state index in [0.717, 1.165) is 34.7 Å². The number of fused-ring (bicyclic) bond motifs is 2. The summed E-state index contributed by atoms with van der Waals surface area (Å²) >= 11 is 1.74. The van der Waals surface area contributed by atoms with Crippen molar-refractivity contribution in [3.05, 3.63) is 77.0 Å². The summed E-state index contributed by atoms with van der Waals surface area (Å²) in [5, 5.41) is 10.4. The van der Waals surface area contributed by atoms with Crippen molar-refractivity contribution in [1.29, 1.82) is 0 Å². The molecule has 174 valence electrons. The minimum Gasteiger partial charge on any atom is -0.454 e. The van der Waals surface area contributed by atoms with Gasteiger partial charge in [0.1, 0.15) is 12.4 Å². The lowest BCUT2D eigenvalue weighted by Gasteiger charge is -2.10. The largest absolute Gasteiger partial charge is 0.454 e. The maximum absolute atomic E-state index is 12.7. The summed E-state index contributed by atoms with van der Waals surface area (Å²) < 4.78 is 12.3. The molecule has 0 aliphatic carbocycles. The van der Waals surface area contributed by atoms with Gasteiger partial charge < -0.3 is 20.1 Å². The molecule has 3 aromatic rings. The Bertz CT molecular complexity index is 1240. The summed E-state index contributed by atoms with van der Waals surface area (Å²) in [5.74, 6) is 3.03. The summed E-state index contributed by atoms with van der Waals surface area (Å²) in [7, 11) is 0. The highest BCUT2D eigenvalue weighted by Gasteiger charge is 2.24. The summed E-state index contributed by atoms with van der Waals surface area (Å²) in [4.78, 5) is 25.2. The first-order valence-electron chi connectivity index (χ1n) is 11.0. The minimum atomic E-state index is -0.289. The van der Waals surface area contributed by atoms with Gasteiger partial charge in [0.05, 0.1) is 5.69 Å². The van der Waals surface area contributed by atoms with Crippen LogP contribution in [0.4, 0.5) is 5.82 Å². The van der Waals surface area contributed by atoms with E-state index >= 15 is 0 Å². The first-order chi connectivity index (χ1) is 16.7. The molecular formula is C25H24N4O4S. The van der Waals surface area contributed by atoms with Crippen LogP contribution in [0.2, 0.25) is 0 Å². The lowest BCUT2D eigenvalue weighted by molar-refractivity contribution is -0.121. The van der Waals surface area contributed by atoms with Gasteiger partial charge >= 0.3 is 0 Å². The number of hydrogen-bond donors (Lipinski definition) is 2. The third-order valence-electron chi connectivity index (χ3n) is 5.56. The Hall–Kier alpha value is -3.72. The number of aromatic nitrogens is 2. The molecular weight excluding hydrogens is 452 g/mol. The Balaban J connectivity index is 1.22. The van der Waals surface area contributed by atoms with Crippen molar-refractivity contribution >= 4 is 35.5 Å². The normalized spacial score (nSPS) is 13.8. The maximum Gasteiger partial charge on any atom is 0.249 e. The van der Waals surface area contributed by atoms with Gasteiger partial charge in [0.15, 0.2) is 11.5 Å². The number of hydrogen-bond acceptors (Lipinski definition) is 6. The quantitative estimate of drug-likeness (QED) is 0.484. The fraction of sp³-hybridized carbons (Fsp3) is 0.240. The zero-order valence-electron chi connectivity index (χ0n) is 18.5. The van der Waals surface area contributed by atoms with Gasteiger partial charge in [-0.1, -0.05) is 36.4 Å². The molecule has 2 aliphatic heterocycles. The number of ether oxygens (including phenoxy) is 2. The van der Waals surface area contributed by atoms with E-state index in [1.54, 1.807) is 22.5 Å². The fourth-order valence-electron chi connectivity index (χ4n) is 3.85. The van der Waals surface area contributed by atoms with Crippen molar-refractivity contribution < 1.29 is 19.1 Å². The highest BCUT2D eigenvalue weighted by Crippen LogP contribution is 2.35. The average Bonchev–Trinajstić information content (AvgIpc) is 3.56. The molecule has 3 heterocycles. The molecule has 34 heavy (non-hydrogen) atoms. The van der Waals surface area contributed by atoms with Crippen LogP contribution in [0.3, 0.4) is 0 Å². The second-order valence-corrected chi connectivity index (χ2v) is 8.93. The second kappa shape index (κ2) is 10.0. The van der Waals surface area contributed by atoms with Gasteiger partial charge in [-0.15, -0.1) is 0 Å². The van der Waals surface area contributed by atoms with Gasteiger partial charge in [-0.3, -0.25) is 9.59 Å². The van der Waals surface area contributed by atoms with Crippen molar-refractivity contribution in [2.45, 2.75) is 24.5 Å². The lowest BCUT2D eigenvalue weighted by Crippen LogP contribution is -2.30. The van der Waals surface area contributed by atoms with Crippen LogP contribution < -0.4 is 20.1 Å². The number of amides is 2. The number of carbonyl (C=O) groups excluding carboxylic acids is 2. The number of anilines is 1. The van der Waals surface area contributed by atoms with Gasteiger partial charge in [-0.2, -0.15) is 16.9 Å². The summed E-state index contributed by atoms with van der Waals surface area (Å²) in [6.45, 7) is 0.795. The van der Waals surface area contributed by atoms with E-state index in [1.807, 2.05) is 48.5 Å². The number of rotatable bonds is 8. The molecule has 0 saturated carbocycles. The molecule has 0 fully saturated rings. The van der Waals surface area contributed by atoms with Gasteiger partial charge in [-0.05, 0) is 35.8 Å².